The van der Waals surface area contributed by atoms with Gasteiger partial charge in [-0.2, -0.15) is 0 Å². The number of hydrogen-bond acceptors (Lipinski definition) is 6. The maximum atomic E-state index is 11.3. The summed E-state index contributed by atoms with van der Waals surface area (Å²) < 4.78 is 5.11. The molecule has 0 fully saturated rings. The molecule has 5 N–H and O–H groups in total. The summed E-state index contributed by atoms with van der Waals surface area (Å²) in [6.07, 6.45) is -0.774. The molecule has 7 nitrogen and oxygen atoms in total. The molecule has 0 aliphatic carbocycles. The Morgan fingerprint density at radius 1 is 1.17 bits per heavy atom. The third-order valence-electron chi connectivity index (χ3n) is 3.13. The number of amides is 1. The van der Waals surface area contributed by atoms with Crippen LogP contribution < -0.4 is 10.1 Å². The average molecular weight is 343 g/mol. The van der Waals surface area contributed by atoms with E-state index in [0.29, 0.717) is 19.6 Å². The highest BCUT2D eigenvalue weighted by Crippen LogP contribution is 2.19. The van der Waals surface area contributed by atoms with Gasteiger partial charge in [-0.15, -0.1) is 0 Å². The van der Waals surface area contributed by atoms with E-state index in [4.69, 9.17) is 20.1 Å². The van der Waals surface area contributed by atoms with Gasteiger partial charge in [0.15, 0.2) is 0 Å². The fourth-order valence-electron chi connectivity index (χ4n) is 1.51. The van der Waals surface area contributed by atoms with Crippen LogP contribution in [0.5, 0.6) is 5.75 Å². The number of hydrogen-bond donors (Lipinski definition) is 5. The summed E-state index contributed by atoms with van der Waals surface area (Å²) in [5.74, 6) is 0.286. The van der Waals surface area contributed by atoms with Crippen molar-refractivity contribution in [1.29, 1.82) is 0 Å². The first-order valence-electron chi connectivity index (χ1n) is 7.85. The molecule has 0 aliphatic heterocycles. The molecule has 1 amide bonds. The molecular formula is C17H29NO6. The van der Waals surface area contributed by atoms with E-state index in [-0.39, 0.29) is 19.8 Å². The van der Waals surface area contributed by atoms with Gasteiger partial charge in [0.25, 0.3) is 0 Å². The number of carbonyl (C=O) groups excluding carboxylic acids is 1. The van der Waals surface area contributed by atoms with Crippen molar-refractivity contribution < 1.29 is 30.0 Å². The van der Waals surface area contributed by atoms with E-state index < -0.39 is 17.4 Å². The first-order chi connectivity index (χ1) is 11.4. The number of aliphatic hydroxyl groups is 4. The SMILES string of the molecule is CC(C)(CO)C(O)C(=O)NCCCO.OCCOc1ccccc1. The van der Waals surface area contributed by atoms with Crippen LogP contribution in [0.25, 0.3) is 0 Å². The lowest BCUT2D eigenvalue weighted by molar-refractivity contribution is -0.137. The summed E-state index contributed by atoms with van der Waals surface area (Å²) in [7, 11) is 0. The molecule has 0 spiro atoms. The summed E-state index contributed by atoms with van der Waals surface area (Å²) in [5, 5.41) is 37.8. The third-order valence-corrected chi connectivity index (χ3v) is 3.13. The molecule has 0 radical (unpaired) electrons. The number of aliphatic hydroxyl groups excluding tert-OH is 4. The minimum absolute atomic E-state index is 0.000230. The number of carbonyl (C=O) groups is 1. The molecule has 0 bridgehead atoms. The number of rotatable bonds is 9. The van der Waals surface area contributed by atoms with Crippen molar-refractivity contribution in [2.75, 3.05) is 33.0 Å². The zero-order chi connectivity index (χ0) is 18.4. The highest BCUT2D eigenvalue weighted by Gasteiger charge is 2.32. The Kier molecular flexibility index (Phi) is 11.8. The van der Waals surface area contributed by atoms with Gasteiger partial charge in [-0.05, 0) is 18.6 Å². The van der Waals surface area contributed by atoms with Gasteiger partial charge in [0.1, 0.15) is 18.5 Å². The second-order valence-electron chi connectivity index (χ2n) is 5.80. The second-order valence-corrected chi connectivity index (χ2v) is 5.80. The number of nitrogens with one attached hydrogen (secondary N) is 1. The normalized spacial score (nSPS) is 11.9. The molecule has 1 aromatic carbocycles. The van der Waals surface area contributed by atoms with Gasteiger partial charge >= 0.3 is 0 Å². The molecule has 24 heavy (non-hydrogen) atoms. The van der Waals surface area contributed by atoms with Crippen LogP contribution in [0.3, 0.4) is 0 Å². The van der Waals surface area contributed by atoms with E-state index >= 15 is 0 Å². The Morgan fingerprint density at radius 3 is 2.29 bits per heavy atom. The number of para-hydroxylation sites is 1. The van der Waals surface area contributed by atoms with Crippen LogP contribution in [0.2, 0.25) is 0 Å². The predicted octanol–water partition coefficient (Wildman–Crippen LogP) is -0.0779. The van der Waals surface area contributed by atoms with Crippen LogP contribution in [0.4, 0.5) is 0 Å². The van der Waals surface area contributed by atoms with Gasteiger partial charge in [0, 0.05) is 18.6 Å². The molecule has 1 rings (SSSR count). The standard InChI is InChI=1S/C9H19NO4.C8H10O2/c1-9(2,6-12)7(13)8(14)10-4-3-5-11;9-6-7-10-8-4-2-1-3-5-8/h7,11-13H,3-6H2,1-2H3,(H,10,14);1-5,9H,6-7H2. The number of ether oxygens (including phenoxy) is 1. The largest absolute Gasteiger partial charge is 0.491 e. The second kappa shape index (κ2) is 12.7. The van der Waals surface area contributed by atoms with Crippen molar-refractivity contribution in [2.24, 2.45) is 5.41 Å². The Morgan fingerprint density at radius 2 is 1.79 bits per heavy atom. The molecule has 1 aromatic rings. The van der Waals surface area contributed by atoms with Gasteiger partial charge in [-0.3, -0.25) is 4.79 Å². The number of benzene rings is 1. The van der Waals surface area contributed by atoms with Crippen LogP contribution >= 0.6 is 0 Å². The molecule has 0 saturated heterocycles. The van der Waals surface area contributed by atoms with Crippen LogP contribution in [0.1, 0.15) is 20.3 Å². The van der Waals surface area contributed by atoms with Crippen molar-refractivity contribution in [1.82, 2.24) is 5.32 Å². The van der Waals surface area contributed by atoms with Crippen LogP contribution in [0, 0.1) is 5.41 Å². The van der Waals surface area contributed by atoms with Crippen LogP contribution in [-0.4, -0.2) is 65.4 Å². The first kappa shape index (κ1) is 22.3. The summed E-state index contributed by atoms with van der Waals surface area (Å²) in [6.45, 7) is 3.70. The van der Waals surface area contributed by atoms with Crippen LogP contribution in [0.15, 0.2) is 30.3 Å². The lowest BCUT2D eigenvalue weighted by Gasteiger charge is -2.27. The Bertz CT molecular complexity index is 438. The molecule has 0 aliphatic rings. The van der Waals surface area contributed by atoms with Crippen LogP contribution in [-0.2, 0) is 4.79 Å². The molecular weight excluding hydrogens is 314 g/mol. The van der Waals surface area contributed by atoms with E-state index in [1.54, 1.807) is 13.8 Å². The average Bonchev–Trinajstić information content (AvgIpc) is 2.60. The zero-order valence-electron chi connectivity index (χ0n) is 14.3. The highest BCUT2D eigenvalue weighted by molar-refractivity contribution is 5.81. The van der Waals surface area contributed by atoms with E-state index in [1.165, 1.54) is 0 Å². The molecule has 138 valence electrons. The lowest BCUT2D eigenvalue weighted by Crippen LogP contribution is -2.45. The molecule has 0 aromatic heterocycles. The molecule has 7 heteroatoms. The minimum Gasteiger partial charge on any atom is -0.491 e. The maximum Gasteiger partial charge on any atom is 0.249 e. The van der Waals surface area contributed by atoms with E-state index in [9.17, 15) is 9.90 Å². The Balaban J connectivity index is 0.000000463. The summed E-state index contributed by atoms with van der Waals surface area (Å²) >= 11 is 0. The molecule has 1 unspecified atom stereocenters. The quantitative estimate of drug-likeness (QED) is 0.400. The van der Waals surface area contributed by atoms with Gasteiger partial charge in [0.2, 0.25) is 5.91 Å². The van der Waals surface area contributed by atoms with Gasteiger partial charge < -0.3 is 30.5 Å². The molecule has 1 atom stereocenters. The summed E-state index contributed by atoms with van der Waals surface area (Å²) in [6, 6.07) is 9.43. The Labute approximate surface area is 142 Å². The van der Waals surface area contributed by atoms with E-state index in [1.807, 2.05) is 30.3 Å². The van der Waals surface area contributed by atoms with Crippen molar-refractivity contribution in [2.45, 2.75) is 26.4 Å². The highest BCUT2D eigenvalue weighted by atomic mass is 16.5. The van der Waals surface area contributed by atoms with E-state index in [2.05, 4.69) is 5.32 Å². The third kappa shape index (κ3) is 9.46. The topological polar surface area (TPSA) is 119 Å². The van der Waals surface area contributed by atoms with Gasteiger partial charge in [-0.1, -0.05) is 32.0 Å². The smallest absolute Gasteiger partial charge is 0.249 e. The first-order valence-corrected chi connectivity index (χ1v) is 7.85. The summed E-state index contributed by atoms with van der Waals surface area (Å²) in [5.41, 5.74) is -0.844. The minimum atomic E-state index is -1.23. The lowest BCUT2D eigenvalue weighted by atomic mass is 9.87. The molecule has 0 saturated carbocycles. The monoisotopic (exact) mass is 343 g/mol. The van der Waals surface area contributed by atoms with Crippen molar-refractivity contribution in [3.05, 3.63) is 30.3 Å². The van der Waals surface area contributed by atoms with Crippen molar-refractivity contribution >= 4 is 5.91 Å². The zero-order valence-corrected chi connectivity index (χ0v) is 14.3. The van der Waals surface area contributed by atoms with Gasteiger partial charge in [-0.25, -0.2) is 0 Å². The fourth-order valence-corrected chi connectivity index (χ4v) is 1.51. The maximum absolute atomic E-state index is 11.3. The Hall–Kier alpha value is -1.67. The van der Waals surface area contributed by atoms with Gasteiger partial charge in [0.05, 0.1) is 13.2 Å². The van der Waals surface area contributed by atoms with E-state index in [0.717, 1.165) is 5.75 Å². The predicted molar refractivity (Wildman–Crippen MR) is 90.6 cm³/mol. The van der Waals surface area contributed by atoms with Crippen molar-refractivity contribution in [3.63, 3.8) is 0 Å². The fraction of sp³-hybridized carbons (Fsp3) is 0.588. The van der Waals surface area contributed by atoms with Crippen molar-refractivity contribution in [3.8, 4) is 5.75 Å². The summed E-state index contributed by atoms with van der Waals surface area (Å²) in [4.78, 5) is 11.3. The molecule has 0 heterocycles.